The first kappa shape index (κ1) is 16.8. The Kier molecular flexibility index (Phi) is 4.58. The maximum absolute atomic E-state index is 12.3. The summed E-state index contributed by atoms with van der Waals surface area (Å²) in [4.78, 5) is 26.0. The normalized spacial score (nSPS) is 14.6. The standard InChI is InChI=1S/C18H17NO6/c1-23-17(21)13-9-25-10-19(16(13)18(22)24-2)14-7-3-6-12-11(14)5-4-8-15(12)20/h3-8,20H,9-10H2,1-2H3. The largest absolute Gasteiger partial charge is 0.507 e. The molecule has 0 aliphatic carbocycles. The van der Waals surface area contributed by atoms with Gasteiger partial charge in [0.2, 0.25) is 0 Å². The van der Waals surface area contributed by atoms with Gasteiger partial charge >= 0.3 is 11.9 Å². The van der Waals surface area contributed by atoms with Gasteiger partial charge in [-0.05, 0) is 12.1 Å². The van der Waals surface area contributed by atoms with Gasteiger partial charge in [0, 0.05) is 10.8 Å². The van der Waals surface area contributed by atoms with E-state index < -0.39 is 11.9 Å². The van der Waals surface area contributed by atoms with Crippen molar-refractivity contribution in [3.63, 3.8) is 0 Å². The zero-order valence-electron chi connectivity index (χ0n) is 13.8. The first-order valence-electron chi connectivity index (χ1n) is 7.54. The second-order valence-electron chi connectivity index (χ2n) is 5.37. The molecule has 0 saturated carbocycles. The van der Waals surface area contributed by atoms with Crippen molar-refractivity contribution in [2.75, 3.05) is 32.5 Å². The first-order valence-corrected chi connectivity index (χ1v) is 7.54. The van der Waals surface area contributed by atoms with E-state index in [-0.39, 0.29) is 30.4 Å². The van der Waals surface area contributed by atoms with Crippen molar-refractivity contribution >= 4 is 28.4 Å². The number of rotatable bonds is 3. The number of anilines is 1. The molecule has 25 heavy (non-hydrogen) atoms. The molecule has 0 saturated heterocycles. The second kappa shape index (κ2) is 6.82. The van der Waals surface area contributed by atoms with Crippen LogP contribution < -0.4 is 4.90 Å². The number of hydrogen-bond donors (Lipinski definition) is 1. The van der Waals surface area contributed by atoms with Gasteiger partial charge in [-0.2, -0.15) is 0 Å². The highest BCUT2D eigenvalue weighted by Crippen LogP contribution is 2.35. The molecule has 3 rings (SSSR count). The fourth-order valence-corrected chi connectivity index (χ4v) is 2.85. The van der Waals surface area contributed by atoms with Gasteiger partial charge in [-0.1, -0.05) is 24.3 Å². The molecule has 1 aliphatic rings. The van der Waals surface area contributed by atoms with E-state index in [1.165, 1.54) is 14.2 Å². The Morgan fingerprint density at radius 2 is 1.72 bits per heavy atom. The van der Waals surface area contributed by atoms with Crippen molar-refractivity contribution < 1.29 is 28.9 Å². The molecule has 7 nitrogen and oxygen atoms in total. The Morgan fingerprint density at radius 1 is 1.04 bits per heavy atom. The average Bonchev–Trinajstić information content (AvgIpc) is 2.66. The fourth-order valence-electron chi connectivity index (χ4n) is 2.85. The van der Waals surface area contributed by atoms with Gasteiger partial charge < -0.3 is 24.2 Å². The number of carbonyl (C=O) groups is 2. The zero-order chi connectivity index (χ0) is 18.0. The summed E-state index contributed by atoms with van der Waals surface area (Å²) in [5, 5.41) is 11.4. The van der Waals surface area contributed by atoms with E-state index in [0.717, 1.165) is 0 Å². The van der Waals surface area contributed by atoms with Gasteiger partial charge in [-0.3, -0.25) is 0 Å². The van der Waals surface area contributed by atoms with Crippen LogP contribution in [0.1, 0.15) is 0 Å². The lowest BCUT2D eigenvalue weighted by Crippen LogP contribution is -2.38. The minimum absolute atomic E-state index is 0.0520. The van der Waals surface area contributed by atoms with E-state index >= 15 is 0 Å². The molecule has 1 N–H and O–H groups in total. The Hall–Kier alpha value is -3.06. The third kappa shape index (κ3) is 2.89. The molecular formula is C18H17NO6. The number of aromatic hydroxyl groups is 1. The number of ether oxygens (including phenoxy) is 3. The SMILES string of the molecule is COC(=O)C1=C(C(=O)OC)N(c2cccc3c(O)cccc23)COC1. The lowest BCUT2D eigenvalue weighted by molar-refractivity contribution is -0.140. The highest BCUT2D eigenvalue weighted by Gasteiger charge is 2.33. The number of hydrogen-bond acceptors (Lipinski definition) is 7. The van der Waals surface area contributed by atoms with Crippen molar-refractivity contribution in [2.45, 2.75) is 0 Å². The van der Waals surface area contributed by atoms with Crippen molar-refractivity contribution in [1.29, 1.82) is 0 Å². The van der Waals surface area contributed by atoms with E-state index in [0.29, 0.717) is 16.5 Å². The molecule has 0 unspecified atom stereocenters. The van der Waals surface area contributed by atoms with Crippen LogP contribution in [0, 0.1) is 0 Å². The highest BCUT2D eigenvalue weighted by molar-refractivity contribution is 6.06. The maximum Gasteiger partial charge on any atom is 0.355 e. The number of phenolic OH excluding ortho intramolecular Hbond substituents is 1. The van der Waals surface area contributed by atoms with Crippen LogP contribution in [-0.2, 0) is 23.8 Å². The summed E-state index contributed by atoms with van der Waals surface area (Å²) in [6, 6.07) is 10.4. The van der Waals surface area contributed by atoms with Gasteiger partial charge in [-0.25, -0.2) is 9.59 Å². The van der Waals surface area contributed by atoms with Crippen LogP contribution in [0.3, 0.4) is 0 Å². The van der Waals surface area contributed by atoms with Gasteiger partial charge in [0.05, 0.1) is 32.1 Å². The van der Waals surface area contributed by atoms with Crippen LogP contribution in [0.2, 0.25) is 0 Å². The number of methoxy groups -OCH3 is 2. The van der Waals surface area contributed by atoms with Crippen molar-refractivity contribution in [1.82, 2.24) is 0 Å². The van der Waals surface area contributed by atoms with Crippen LogP contribution in [0.25, 0.3) is 10.8 Å². The van der Waals surface area contributed by atoms with Crippen LogP contribution in [0.15, 0.2) is 47.7 Å². The molecule has 130 valence electrons. The van der Waals surface area contributed by atoms with Crippen LogP contribution in [-0.4, -0.2) is 44.6 Å². The van der Waals surface area contributed by atoms with Gasteiger partial charge in [0.1, 0.15) is 18.2 Å². The van der Waals surface area contributed by atoms with Gasteiger partial charge in [0.15, 0.2) is 0 Å². The number of carbonyl (C=O) groups excluding carboxylic acids is 2. The number of phenols is 1. The fraction of sp³-hybridized carbons (Fsp3) is 0.222. The van der Waals surface area contributed by atoms with Crippen LogP contribution in [0.5, 0.6) is 5.75 Å². The van der Waals surface area contributed by atoms with E-state index in [1.54, 1.807) is 35.2 Å². The minimum atomic E-state index is -0.666. The monoisotopic (exact) mass is 343 g/mol. The summed E-state index contributed by atoms with van der Waals surface area (Å²) in [5.41, 5.74) is 0.754. The minimum Gasteiger partial charge on any atom is -0.507 e. The molecule has 0 bridgehead atoms. The van der Waals surface area contributed by atoms with E-state index in [9.17, 15) is 14.7 Å². The molecule has 0 spiro atoms. The predicted octanol–water partition coefficient (Wildman–Crippen LogP) is 1.94. The molecule has 0 atom stereocenters. The molecule has 0 fully saturated rings. The lowest BCUT2D eigenvalue weighted by atomic mass is 10.1. The number of esters is 2. The molecule has 7 heteroatoms. The maximum atomic E-state index is 12.3. The molecule has 0 amide bonds. The summed E-state index contributed by atoms with van der Waals surface area (Å²) < 4.78 is 15.1. The Bertz CT molecular complexity index is 873. The average molecular weight is 343 g/mol. The van der Waals surface area contributed by atoms with Crippen molar-refractivity contribution in [3.05, 3.63) is 47.7 Å². The summed E-state index contributed by atoms with van der Waals surface area (Å²) in [6.07, 6.45) is 0. The number of benzene rings is 2. The summed E-state index contributed by atoms with van der Waals surface area (Å²) in [5.74, 6) is -1.21. The summed E-state index contributed by atoms with van der Waals surface area (Å²) in [7, 11) is 2.48. The third-order valence-corrected chi connectivity index (χ3v) is 4.00. The number of fused-ring (bicyclic) bond motifs is 1. The van der Waals surface area contributed by atoms with Crippen LogP contribution in [0.4, 0.5) is 5.69 Å². The van der Waals surface area contributed by atoms with E-state index in [2.05, 4.69) is 0 Å². The van der Waals surface area contributed by atoms with Gasteiger partial charge in [0.25, 0.3) is 0 Å². The predicted molar refractivity (Wildman–Crippen MR) is 90.0 cm³/mol. The Labute approximate surface area is 144 Å². The third-order valence-electron chi connectivity index (χ3n) is 4.00. The lowest BCUT2D eigenvalue weighted by Gasteiger charge is -2.32. The zero-order valence-corrected chi connectivity index (χ0v) is 13.8. The van der Waals surface area contributed by atoms with Crippen molar-refractivity contribution in [3.8, 4) is 5.75 Å². The summed E-state index contributed by atoms with van der Waals surface area (Å²) in [6.45, 7) is 0.00329. The first-order chi connectivity index (χ1) is 12.1. The molecule has 1 aliphatic heterocycles. The smallest absolute Gasteiger partial charge is 0.355 e. The Balaban J connectivity index is 2.23. The second-order valence-corrected chi connectivity index (χ2v) is 5.37. The Morgan fingerprint density at radius 3 is 2.44 bits per heavy atom. The molecule has 2 aromatic rings. The van der Waals surface area contributed by atoms with E-state index in [4.69, 9.17) is 14.2 Å². The molecule has 2 aromatic carbocycles. The highest BCUT2D eigenvalue weighted by atomic mass is 16.5. The summed E-state index contributed by atoms with van der Waals surface area (Å²) >= 11 is 0. The quantitative estimate of drug-likeness (QED) is 0.853. The molecule has 1 heterocycles. The molecule has 0 aromatic heterocycles. The molecule has 0 radical (unpaired) electrons. The molecular weight excluding hydrogens is 326 g/mol. The van der Waals surface area contributed by atoms with Crippen molar-refractivity contribution in [2.24, 2.45) is 0 Å². The van der Waals surface area contributed by atoms with Gasteiger partial charge in [-0.15, -0.1) is 0 Å². The number of nitrogens with zero attached hydrogens (tertiary/aromatic N) is 1. The van der Waals surface area contributed by atoms with Crippen LogP contribution >= 0.6 is 0 Å². The topological polar surface area (TPSA) is 85.3 Å². The van der Waals surface area contributed by atoms with E-state index in [1.807, 2.05) is 6.07 Å².